The number of hydrogen-bond donors (Lipinski definition) is 2. The Morgan fingerprint density at radius 1 is 1.52 bits per heavy atom. The third-order valence-electron chi connectivity index (χ3n) is 4.31. The molecule has 1 saturated heterocycles. The molecule has 23 heavy (non-hydrogen) atoms. The van der Waals surface area contributed by atoms with E-state index in [2.05, 4.69) is 27.2 Å². The zero-order valence-corrected chi connectivity index (χ0v) is 16.8. The monoisotopic (exact) mass is 436 g/mol. The summed E-state index contributed by atoms with van der Waals surface area (Å²) in [5, 5.41) is 7.59. The molecular weight excluding hydrogens is 407 g/mol. The molecule has 1 aromatic heterocycles. The van der Waals surface area contributed by atoms with Crippen molar-refractivity contribution in [1.82, 2.24) is 20.0 Å². The highest BCUT2D eigenvalue weighted by atomic mass is 127. The number of nitrogens with two attached hydrogens (primary N) is 1. The minimum Gasteiger partial charge on any atom is -0.481 e. The lowest BCUT2D eigenvalue weighted by Gasteiger charge is -2.23. The topological polar surface area (TPSA) is 80.7 Å². The lowest BCUT2D eigenvalue weighted by atomic mass is 10.2. The van der Waals surface area contributed by atoms with Crippen LogP contribution in [0.2, 0.25) is 0 Å². The Hall–Kier alpha value is -1.03. The first-order valence-corrected chi connectivity index (χ1v) is 7.91. The van der Waals surface area contributed by atoms with E-state index in [4.69, 9.17) is 10.5 Å². The van der Waals surface area contributed by atoms with Crippen LogP contribution in [0.15, 0.2) is 4.99 Å². The molecular formula is C15H29IN6O. The van der Waals surface area contributed by atoms with Crippen molar-refractivity contribution in [1.29, 1.82) is 0 Å². The second kappa shape index (κ2) is 9.31. The summed E-state index contributed by atoms with van der Waals surface area (Å²) in [5.41, 5.74) is 7.89. The summed E-state index contributed by atoms with van der Waals surface area (Å²) >= 11 is 0. The average Bonchev–Trinajstić information content (AvgIpc) is 3.06. The normalized spacial score (nSPS) is 18.8. The van der Waals surface area contributed by atoms with E-state index in [9.17, 15) is 0 Å². The van der Waals surface area contributed by atoms with Gasteiger partial charge in [-0.1, -0.05) is 6.92 Å². The first-order chi connectivity index (χ1) is 10.6. The molecule has 0 bridgehead atoms. The number of guanidine groups is 1. The Morgan fingerprint density at radius 3 is 2.91 bits per heavy atom. The highest BCUT2D eigenvalue weighted by Crippen LogP contribution is 2.21. The third kappa shape index (κ3) is 4.97. The molecule has 1 aromatic rings. The molecule has 3 N–H and O–H groups in total. The Labute approximate surface area is 155 Å². The zero-order chi connectivity index (χ0) is 16.1. The van der Waals surface area contributed by atoms with Crippen LogP contribution in [0.5, 0.6) is 5.88 Å². The smallest absolute Gasteiger partial charge is 0.216 e. The van der Waals surface area contributed by atoms with Crippen LogP contribution in [0.1, 0.15) is 31.0 Å². The van der Waals surface area contributed by atoms with Crippen molar-refractivity contribution in [2.75, 3.05) is 26.7 Å². The molecule has 0 aliphatic carbocycles. The number of nitrogens with zero attached hydrogens (tertiary/aromatic N) is 4. The Bertz CT molecular complexity index is 530. The van der Waals surface area contributed by atoms with E-state index < -0.39 is 0 Å². The van der Waals surface area contributed by atoms with Gasteiger partial charge in [-0.15, -0.1) is 24.0 Å². The van der Waals surface area contributed by atoms with Gasteiger partial charge in [-0.05, 0) is 32.9 Å². The molecule has 0 spiro atoms. The van der Waals surface area contributed by atoms with E-state index in [1.165, 1.54) is 19.4 Å². The Balaban J connectivity index is 0.00000264. The molecule has 1 atom stereocenters. The van der Waals surface area contributed by atoms with Crippen LogP contribution in [0, 0.1) is 6.92 Å². The van der Waals surface area contributed by atoms with Crippen LogP contribution in [-0.2, 0) is 13.6 Å². The van der Waals surface area contributed by atoms with E-state index in [1.807, 2.05) is 14.0 Å². The molecule has 132 valence electrons. The molecule has 0 amide bonds. The summed E-state index contributed by atoms with van der Waals surface area (Å²) in [7, 11) is 3.50. The molecule has 1 fully saturated rings. The quantitative estimate of drug-likeness (QED) is 0.399. The van der Waals surface area contributed by atoms with Crippen molar-refractivity contribution in [3.05, 3.63) is 11.3 Å². The van der Waals surface area contributed by atoms with Crippen molar-refractivity contribution in [3.8, 4) is 5.88 Å². The van der Waals surface area contributed by atoms with Gasteiger partial charge < -0.3 is 15.8 Å². The highest BCUT2D eigenvalue weighted by molar-refractivity contribution is 14.0. The van der Waals surface area contributed by atoms with Gasteiger partial charge in [0.2, 0.25) is 5.88 Å². The first-order valence-electron chi connectivity index (χ1n) is 7.91. The number of methoxy groups -OCH3 is 1. The van der Waals surface area contributed by atoms with Crippen LogP contribution >= 0.6 is 24.0 Å². The van der Waals surface area contributed by atoms with Gasteiger partial charge in [-0.2, -0.15) is 5.10 Å². The van der Waals surface area contributed by atoms with Gasteiger partial charge in [0.15, 0.2) is 5.96 Å². The van der Waals surface area contributed by atoms with E-state index in [0.29, 0.717) is 18.5 Å². The molecule has 0 radical (unpaired) electrons. The summed E-state index contributed by atoms with van der Waals surface area (Å²) in [6.45, 7) is 7.76. The number of halogens is 1. The molecule has 0 saturated carbocycles. The molecule has 2 heterocycles. The summed E-state index contributed by atoms with van der Waals surface area (Å²) in [6.07, 6.45) is 2.49. The molecule has 8 heteroatoms. The molecule has 0 aromatic carbocycles. The Kier molecular flexibility index (Phi) is 8.10. The zero-order valence-electron chi connectivity index (χ0n) is 14.5. The molecule has 1 aliphatic rings. The maximum Gasteiger partial charge on any atom is 0.216 e. The van der Waals surface area contributed by atoms with Crippen molar-refractivity contribution in [2.24, 2.45) is 17.8 Å². The van der Waals surface area contributed by atoms with E-state index in [-0.39, 0.29) is 24.0 Å². The molecule has 1 aliphatic heterocycles. The SMILES string of the molecule is CCN1CCCC1CNC(N)=NCc1c(C)nn(C)c1OC.I. The van der Waals surface area contributed by atoms with E-state index in [1.54, 1.807) is 11.8 Å². The fourth-order valence-corrected chi connectivity index (χ4v) is 3.10. The lowest BCUT2D eigenvalue weighted by Crippen LogP contribution is -2.42. The summed E-state index contributed by atoms with van der Waals surface area (Å²) < 4.78 is 7.09. The van der Waals surface area contributed by atoms with Gasteiger partial charge in [-0.25, -0.2) is 9.67 Å². The molecule has 7 nitrogen and oxygen atoms in total. The molecule has 1 unspecified atom stereocenters. The standard InChI is InChI=1S/C15H28N6O.HI/c1-5-21-8-6-7-12(21)9-17-15(16)18-10-13-11(2)19-20(3)14(13)22-4;/h12H,5-10H2,1-4H3,(H3,16,17,18);1H. The number of likely N-dealkylation sites (tertiary alicyclic amines) is 1. The number of likely N-dealkylation sites (N-methyl/N-ethyl adjacent to an activating group) is 1. The lowest BCUT2D eigenvalue weighted by molar-refractivity contribution is 0.267. The maximum absolute atomic E-state index is 5.99. The summed E-state index contributed by atoms with van der Waals surface area (Å²) in [6, 6.07) is 0.563. The minimum absolute atomic E-state index is 0. The predicted molar refractivity (Wildman–Crippen MR) is 104 cm³/mol. The number of ether oxygens (including phenoxy) is 1. The average molecular weight is 436 g/mol. The largest absolute Gasteiger partial charge is 0.481 e. The van der Waals surface area contributed by atoms with Crippen molar-refractivity contribution in [2.45, 2.75) is 39.3 Å². The fraction of sp³-hybridized carbons (Fsp3) is 0.733. The number of aryl methyl sites for hydroxylation is 2. The maximum atomic E-state index is 5.99. The van der Waals surface area contributed by atoms with E-state index >= 15 is 0 Å². The first kappa shape index (κ1) is 20.0. The van der Waals surface area contributed by atoms with Crippen LogP contribution in [0.25, 0.3) is 0 Å². The predicted octanol–water partition coefficient (Wildman–Crippen LogP) is 1.24. The van der Waals surface area contributed by atoms with Crippen molar-refractivity contribution in [3.63, 3.8) is 0 Å². The van der Waals surface area contributed by atoms with Crippen molar-refractivity contribution >= 4 is 29.9 Å². The van der Waals surface area contributed by atoms with E-state index in [0.717, 1.165) is 30.2 Å². The number of rotatable bonds is 6. The van der Waals surface area contributed by atoms with Gasteiger partial charge in [0.1, 0.15) is 0 Å². The minimum atomic E-state index is 0. The Morgan fingerprint density at radius 2 is 2.26 bits per heavy atom. The molecule has 2 rings (SSSR count). The van der Waals surface area contributed by atoms with Crippen LogP contribution < -0.4 is 15.8 Å². The third-order valence-corrected chi connectivity index (χ3v) is 4.31. The second-order valence-electron chi connectivity index (χ2n) is 5.70. The second-order valence-corrected chi connectivity index (χ2v) is 5.70. The number of hydrogen-bond acceptors (Lipinski definition) is 4. The summed E-state index contributed by atoms with van der Waals surface area (Å²) in [5.74, 6) is 1.22. The number of nitrogens with one attached hydrogen (secondary N) is 1. The van der Waals surface area contributed by atoms with Crippen LogP contribution in [0.3, 0.4) is 0 Å². The number of aromatic nitrogens is 2. The van der Waals surface area contributed by atoms with Gasteiger partial charge in [0.05, 0.1) is 24.9 Å². The van der Waals surface area contributed by atoms with Crippen molar-refractivity contribution < 1.29 is 4.74 Å². The highest BCUT2D eigenvalue weighted by Gasteiger charge is 2.22. The summed E-state index contributed by atoms with van der Waals surface area (Å²) in [4.78, 5) is 6.90. The van der Waals surface area contributed by atoms with Crippen LogP contribution in [0.4, 0.5) is 0 Å². The fourth-order valence-electron chi connectivity index (χ4n) is 3.10. The van der Waals surface area contributed by atoms with Crippen LogP contribution in [-0.4, -0.2) is 53.4 Å². The van der Waals surface area contributed by atoms with Gasteiger partial charge >= 0.3 is 0 Å². The van der Waals surface area contributed by atoms with Gasteiger partial charge in [0, 0.05) is 19.6 Å². The van der Waals surface area contributed by atoms with Gasteiger partial charge in [-0.3, -0.25) is 4.90 Å². The number of aliphatic imine (C=N–C) groups is 1. The van der Waals surface area contributed by atoms with Gasteiger partial charge in [0.25, 0.3) is 0 Å².